The summed E-state index contributed by atoms with van der Waals surface area (Å²) in [5, 5.41) is 3.31. The number of hydrogen-bond acceptors (Lipinski definition) is 3. The average Bonchev–Trinajstić information content (AvgIpc) is 2.35. The number of methoxy groups -OCH3 is 1. The minimum atomic E-state index is -0.390. The van der Waals surface area contributed by atoms with E-state index in [1.807, 2.05) is 30.3 Å². The van der Waals surface area contributed by atoms with Gasteiger partial charge < -0.3 is 4.74 Å². The number of benzene rings is 1. The lowest BCUT2D eigenvalue weighted by Crippen LogP contribution is -2.38. The third-order valence-electron chi connectivity index (χ3n) is 3.00. The number of carbonyl (C=O) groups is 1. The van der Waals surface area contributed by atoms with Crippen LogP contribution in [-0.4, -0.2) is 19.1 Å². The SMILES string of the molecule is COC(=O)C(NC(C)C(C)C)c1ccccc1. The van der Waals surface area contributed by atoms with E-state index in [9.17, 15) is 4.79 Å². The van der Waals surface area contributed by atoms with Crippen LogP contribution in [-0.2, 0) is 9.53 Å². The molecule has 0 aliphatic rings. The zero-order chi connectivity index (χ0) is 12.8. The van der Waals surface area contributed by atoms with Gasteiger partial charge in [-0.25, -0.2) is 4.79 Å². The minimum absolute atomic E-state index is 0.247. The molecule has 1 aromatic carbocycles. The molecule has 0 aliphatic heterocycles. The van der Waals surface area contributed by atoms with Crippen LogP contribution in [0.1, 0.15) is 32.4 Å². The maximum Gasteiger partial charge on any atom is 0.327 e. The summed E-state index contributed by atoms with van der Waals surface area (Å²) >= 11 is 0. The quantitative estimate of drug-likeness (QED) is 0.797. The first-order valence-electron chi connectivity index (χ1n) is 5.95. The molecule has 17 heavy (non-hydrogen) atoms. The van der Waals surface area contributed by atoms with E-state index in [2.05, 4.69) is 26.1 Å². The molecule has 0 saturated carbocycles. The van der Waals surface area contributed by atoms with Gasteiger partial charge >= 0.3 is 5.97 Å². The van der Waals surface area contributed by atoms with Crippen LogP contribution in [0.2, 0.25) is 0 Å². The highest BCUT2D eigenvalue weighted by Gasteiger charge is 2.23. The first-order valence-corrected chi connectivity index (χ1v) is 5.95. The van der Waals surface area contributed by atoms with Gasteiger partial charge in [0.05, 0.1) is 7.11 Å². The van der Waals surface area contributed by atoms with Crippen molar-refractivity contribution in [1.82, 2.24) is 5.32 Å². The topological polar surface area (TPSA) is 38.3 Å². The molecule has 2 unspecified atom stereocenters. The van der Waals surface area contributed by atoms with Gasteiger partial charge in [-0.15, -0.1) is 0 Å². The minimum Gasteiger partial charge on any atom is -0.468 e. The molecular formula is C14H21NO2. The molecule has 3 nitrogen and oxygen atoms in total. The molecule has 0 saturated heterocycles. The van der Waals surface area contributed by atoms with E-state index in [4.69, 9.17) is 4.74 Å². The monoisotopic (exact) mass is 235 g/mol. The number of hydrogen-bond donors (Lipinski definition) is 1. The summed E-state index contributed by atoms with van der Waals surface area (Å²) in [4.78, 5) is 11.8. The summed E-state index contributed by atoms with van der Waals surface area (Å²) in [6.07, 6.45) is 0. The molecule has 0 bridgehead atoms. The van der Waals surface area contributed by atoms with E-state index in [0.717, 1.165) is 5.56 Å². The Labute approximate surface area is 103 Å². The van der Waals surface area contributed by atoms with Gasteiger partial charge in [-0.05, 0) is 18.4 Å². The highest BCUT2D eigenvalue weighted by Crippen LogP contribution is 2.16. The Hall–Kier alpha value is -1.35. The van der Waals surface area contributed by atoms with Crippen molar-refractivity contribution in [3.8, 4) is 0 Å². The molecule has 0 amide bonds. The van der Waals surface area contributed by atoms with Gasteiger partial charge in [-0.2, -0.15) is 0 Å². The molecule has 1 aromatic rings. The third kappa shape index (κ3) is 3.86. The molecular weight excluding hydrogens is 214 g/mol. The van der Waals surface area contributed by atoms with E-state index >= 15 is 0 Å². The summed E-state index contributed by atoms with van der Waals surface area (Å²) in [7, 11) is 1.42. The first-order chi connectivity index (χ1) is 8.06. The van der Waals surface area contributed by atoms with E-state index in [1.165, 1.54) is 7.11 Å². The van der Waals surface area contributed by atoms with Gasteiger partial charge in [0.2, 0.25) is 0 Å². The fourth-order valence-corrected chi connectivity index (χ4v) is 1.52. The zero-order valence-corrected chi connectivity index (χ0v) is 10.9. The Balaban J connectivity index is 2.86. The maximum absolute atomic E-state index is 11.8. The van der Waals surface area contributed by atoms with Crippen molar-refractivity contribution in [2.24, 2.45) is 5.92 Å². The predicted octanol–water partition coefficient (Wildman–Crippen LogP) is 2.53. The smallest absolute Gasteiger partial charge is 0.327 e. The Kier molecular flexibility index (Phi) is 5.16. The van der Waals surface area contributed by atoms with Crippen LogP contribution in [0.25, 0.3) is 0 Å². The average molecular weight is 235 g/mol. The van der Waals surface area contributed by atoms with Crippen molar-refractivity contribution in [3.63, 3.8) is 0 Å². The molecule has 0 spiro atoms. The van der Waals surface area contributed by atoms with Crippen molar-refractivity contribution >= 4 is 5.97 Å². The Bertz CT molecular complexity index is 348. The van der Waals surface area contributed by atoms with Gasteiger partial charge in [0.15, 0.2) is 0 Å². The lowest BCUT2D eigenvalue weighted by Gasteiger charge is -2.24. The van der Waals surface area contributed by atoms with E-state index in [-0.39, 0.29) is 12.0 Å². The van der Waals surface area contributed by atoms with Gasteiger partial charge in [0.25, 0.3) is 0 Å². The zero-order valence-electron chi connectivity index (χ0n) is 10.9. The summed E-state index contributed by atoms with van der Waals surface area (Å²) in [5.74, 6) is 0.217. The largest absolute Gasteiger partial charge is 0.468 e. The van der Waals surface area contributed by atoms with E-state index < -0.39 is 6.04 Å². The Morgan fingerprint density at radius 3 is 2.24 bits per heavy atom. The van der Waals surface area contributed by atoms with Crippen LogP contribution in [0.15, 0.2) is 30.3 Å². The second kappa shape index (κ2) is 6.40. The van der Waals surface area contributed by atoms with Crippen molar-refractivity contribution in [2.75, 3.05) is 7.11 Å². The van der Waals surface area contributed by atoms with Crippen LogP contribution in [0, 0.1) is 5.92 Å². The number of carbonyl (C=O) groups excluding carboxylic acids is 1. The molecule has 0 aromatic heterocycles. The number of esters is 1. The Morgan fingerprint density at radius 1 is 1.18 bits per heavy atom. The third-order valence-corrected chi connectivity index (χ3v) is 3.00. The molecule has 0 radical (unpaired) electrons. The van der Waals surface area contributed by atoms with Gasteiger partial charge in [0, 0.05) is 6.04 Å². The molecule has 94 valence electrons. The van der Waals surface area contributed by atoms with Crippen molar-refractivity contribution in [1.29, 1.82) is 0 Å². The number of rotatable bonds is 5. The number of nitrogens with one attached hydrogen (secondary N) is 1. The normalized spacial score (nSPS) is 14.4. The molecule has 0 fully saturated rings. The van der Waals surface area contributed by atoms with Crippen molar-refractivity contribution < 1.29 is 9.53 Å². The van der Waals surface area contributed by atoms with Gasteiger partial charge in [-0.3, -0.25) is 5.32 Å². The van der Waals surface area contributed by atoms with Crippen LogP contribution < -0.4 is 5.32 Å². The summed E-state index contributed by atoms with van der Waals surface area (Å²) < 4.78 is 4.85. The second-order valence-electron chi connectivity index (χ2n) is 4.57. The maximum atomic E-state index is 11.8. The van der Waals surface area contributed by atoms with Crippen LogP contribution in [0.5, 0.6) is 0 Å². The Morgan fingerprint density at radius 2 is 1.76 bits per heavy atom. The van der Waals surface area contributed by atoms with Crippen LogP contribution >= 0.6 is 0 Å². The van der Waals surface area contributed by atoms with Gasteiger partial charge in [0.1, 0.15) is 6.04 Å². The van der Waals surface area contributed by atoms with Gasteiger partial charge in [-0.1, -0.05) is 44.2 Å². The molecule has 0 aliphatic carbocycles. The lowest BCUT2D eigenvalue weighted by molar-refractivity contribution is -0.143. The lowest BCUT2D eigenvalue weighted by atomic mass is 10.0. The predicted molar refractivity (Wildman–Crippen MR) is 68.6 cm³/mol. The fourth-order valence-electron chi connectivity index (χ4n) is 1.52. The molecule has 3 heteroatoms. The molecule has 2 atom stereocenters. The van der Waals surface area contributed by atoms with Crippen LogP contribution in [0.4, 0.5) is 0 Å². The fraction of sp³-hybridized carbons (Fsp3) is 0.500. The highest BCUT2D eigenvalue weighted by molar-refractivity contribution is 5.77. The molecule has 0 heterocycles. The standard InChI is InChI=1S/C14H21NO2/c1-10(2)11(3)15-13(14(16)17-4)12-8-6-5-7-9-12/h5-11,13,15H,1-4H3. The summed E-state index contributed by atoms with van der Waals surface area (Å²) in [6, 6.07) is 9.50. The van der Waals surface area contributed by atoms with Crippen molar-refractivity contribution in [2.45, 2.75) is 32.9 Å². The van der Waals surface area contributed by atoms with E-state index in [0.29, 0.717) is 5.92 Å². The summed E-state index contributed by atoms with van der Waals surface area (Å²) in [5.41, 5.74) is 0.937. The second-order valence-corrected chi connectivity index (χ2v) is 4.57. The first kappa shape index (κ1) is 13.7. The van der Waals surface area contributed by atoms with Crippen molar-refractivity contribution in [3.05, 3.63) is 35.9 Å². The molecule has 1 rings (SSSR count). The van der Waals surface area contributed by atoms with Crippen LogP contribution in [0.3, 0.4) is 0 Å². The number of ether oxygens (including phenoxy) is 1. The van der Waals surface area contributed by atoms with E-state index in [1.54, 1.807) is 0 Å². The highest BCUT2D eigenvalue weighted by atomic mass is 16.5. The summed E-state index contributed by atoms with van der Waals surface area (Å²) in [6.45, 7) is 6.32. The molecule has 1 N–H and O–H groups in total.